The molecule has 0 radical (unpaired) electrons. The van der Waals surface area contributed by atoms with Gasteiger partial charge in [-0.25, -0.2) is 13.6 Å². The second kappa shape index (κ2) is 7.88. The van der Waals surface area contributed by atoms with Gasteiger partial charge < -0.3 is 16.4 Å². The fourth-order valence-corrected chi connectivity index (χ4v) is 2.56. The van der Waals surface area contributed by atoms with Gasteiger partial charge in [0.25, 0.3) is 0 Å². The zero-order valence-electron chi connectivity index (χ0n) is 13.2. The topological polar surface area (TPSA) is 144 Å². The van der Waals surface area contributed by atoms with Crippen molar-refractivity contribution in [3.63, 3.8) is 0 Å². The second-order valence-electron chi connectivity index (χ2n) is 5.28. The van der Waals surface area contributed by atoms with Crippen molar-refractivity contribution in [2.24, 2.45) is 10.9 Å². The van der Waals surface area contributed by atoms with E-state index in [4.69, 9.17) is 10.9 Å². The van der Waals surface area contributed by atoms with Crippen molar-refractivity contribution >= 4 is 27.5 Å². The first-order valence-corrected chi connectivity index (χ1v) is 8.82. The van der Waals surface area contributed by atoms with Gasteiger partial charge in [-0.2, -0.15) is 0 Å². The van der Waals surface area contributed by atoms with Gasteiger partial charge in [0.05, 0.1) is 11.4 Å². The third kappa shape index (κ3) is 5.68. The molecular weight excluding hydrogens is 344 g/mol. The van der Waals surface area contributed by atoms with E-state index in [0.29, 0.717) is 17.8 Å². The van der Waals surface area contributed by atoms with E-state index in [-0.39, 0.29) is 17.3 Å². The van der Waals surface area contributed by atoms with Crippen molar-refractivity contribution in [3.05, 3.63) is 59.7 Å². The number of carbonyl (C=O) groups excluding carboxylic acids is 2. The van der Waals surface area contributed by atoms with E-state index in [1.165, 1.54) is 24.3 Å². The van der Waals surface area contributed by atoms with Crippen LogP contribution in [0.4, 0.5) is 5.69 Å². The quantitative estimate of drug-likeness (QED) is 0.554. The Morgan fingerprint density at radius 1 is 0.960 bits per heavy atom. The normalized spacial score (nSPS) is 11.1. The summed E-state index contributed by atoms with van der Waals surface area (Å²) in [7, 11) is -3.71. The fourth-order valence-electron chi connectivity index (χ4n) is 2.04. The monoisotopic (exact) mass is 362 g/mol. The van der Waals surface area contributed by atoms with Gasteiger partial charge in [0.15, 0.2) is 0 Å². The smallest absolute Gasteiger partial charge is 0.248 e. The van der Waals surface area contributed by atoms with Crippen LogP contribution >= 0.6 is 0 Å². The van der Waals surface area contributed by atoms with Crippen molar-refractivity contribution in [3.8, 4) is 0 Å². The van der Waals surface area contributed by atoms with Gasteiger partial charge in [-0.1, -0.05) is 12.1 Å². The minimum absolute atomic E-state index is 0.0356. The third-order valence-corrected chi connectivity index (χ3v) is 4.25. The molecule has 2 amide bonds. The Balaban J connectivity index is 1.81. The van der Waals surface area contributed by atoms with E-state index in [1.54, 1.807) is 24.3 Å². The van der Waals surface area contributed by atoms with Crippen LogP contribution in [0.1, 0.15) is 15.9 Å². The Bertz CT molecular complexity index is 862. The lowest BCUT2D eigenvalue weighted by atomic mass is 10.2. The summed E-state index contributed by atoms with van der Waals surface area (Å²) in [6.07, 6.45) is 0. The molecule has 2 aromatic carbocycles. The number of nitrogens with two attached hydrogens (primary N) is 2. The molecule has 0 spiro atoms. The van der Waals surface area contributed by atoms with E-state index in [2.05, 4.69) is 10.6 Å². The lowest BCUT2D eigenvalue weighted by molar-refractivity contribution is -0.115. The molecule has 0 saturated carbocycles. The number of benzene rings is 2. The Morgan fingerprint density at radius 2 is 1.56 bits per heavy atom. The van der Waals surface area contributed by atoms with Crippen LogP contribution in [0.25, 0.3) is 0 Å². The number of sulfonamides is 1. The molecular formula is C16H18N4O4S. The summed E-state index contributed by atoms with van der Waals surface area (Å²) in [6, 6.07) is 12.3. The number of hydrogen-bond acceptors (Lipinski definition) is 5. The first-order valence-electron chi connectivity index (χ1n) is 7.28. The van der Waals surface area contributed by atoms with Crippen molar-refractivity contribution in [1.82, 2.24) is 5.32 Å². The van der Waals surface area contributed by atoms with Crippen LogP contribution in [0.3, 0.4) is 0 Å². The van der Waals surface area contributed by atoms with Gasteiger partial charge in [-0.3, -0.25) is 9.59 Å². The Hall–Kier alpha value is -2.75. The van der Waals surface area contributed by atoms with Crippen LogP contribution in [-0.2, 0) is 21.4 Å². The highest BCUT2D eigenvalue weighted by molar-refractivity contribution is 7.89. The highest BCUT2D eigenvalue weighted by Crippen LogP contribution is 2.10. The molecule has 2 rings (SSSR count). The summed E-state index contributed by atoms with van der Waals surface area (Å²) in [4.78, 5) is 22.9. The number of amides is 2. The van der Waals surface area contributed by atoms with Crippen LogP contribution in [0, 0.1) is 0 Å². The minimum Gasteiger partial charge on any atom is -0.366 e. The molecule has 6 N–H and O–H groups in total. The molecule has 0 aromatic heterocycles. The van der Waals surface area contributed by atoms with E-state index >= 15 is 0 Å². The number of anilines is 1. The second-order valence-corrected chi connectivity index (χ2v) is 6.84. The lowest BCUT2D eigenvalue weighted by Crippen LogP contribution is -2.27. The van der Waals surface area contributed by atoms with Gasteiger partial charge in [-0.05, 0) is 42.0 Å². The Kier molecular flexibility index (Phi) is 5.86. The summed E-state index contributed by atoms with van der Waals surface area (Å²) in [5, 5.41) is 10.6. The number of carbonyl (C=O) groups is 2. The Morgan fingerprint density at radius 3 is 2.08 bits per heavy atom. The van der Waals surface area contributed by atoms with Crippen molar-refractivity contribution in [1.29, 1.82) is 0 Å². The molecule has 0 unspecified atom stereocenters. The molecule has 0 saturated heterocycles. The van der Waals surface area contributed by atoms with Gasteiger partial charge in [0.2, 0.25) is 21.8 Å². The number of primary sulfonamides is 1. The molecule has 9 heteroatoms. The number of nitrogens with one attached hydrogen (secondary N) is 2. The largest absolute Gasteiger partial charge is 0.366 e. The summed E-state index contributed by atoms with van der Waals surface area (Å²) < 4.78 is 22.3. The highest BCUT2D eigenvalue weighted by atomic mass is 32.2. The number of rotatable bonds is 7. The molecule has 0 aliphatic heterocycles. The van der Waals surface area contributed by atoms with Gasteiger partial charge in [-0.15, -0.1) is 0 Å². The average molecular weight is 362 g/mol. The average Bonchev–Trinajstić information content (AvgIpc) is 2.55. The first kappa shape index (κ1) is 18.6. The maximum absolute atomic E-state index is 11.8. The maximum Gasteiger partial charge on any atom is 0.248 e. The summed E-state index contributed by atoms with van der Waals surface area (Å²) in [6.45, 7) is 0.452. The van der Waals surface area contributed by atoms with E-state index in [1.807, 2.05) is 0 Å². The zero-order chi connectivity index (χ0) is 18.4. The van der Waals surface area contributed by atoms with Gasteiger partial charge >= 0.3 is 0 Å². The van der Waals surface area contributed by atoms with E-state index < -0.39 is 15.9 Å². The molecule has 2 aromatic rings. The molecule has 25 heavy (non-hydrogen) atoms. The van der Waals surface area contributed by atoms with Crippen LogP contribution in [0.2, 0.25) is 0 Å². The molecule has 0 heterocycles. The van der Waals surface area contributed by atoms with Gasteiger partial charge in [0.1, 0.15) is 0 Å². The molecule has 0 aliphatic carbocycles. The van der Waals surface area contributed by atoms with Crippen molar-refractivity contribution in [2.45, 2.75) is 11.4 Å². The summed E-state index contributed by atoms with van der Waals surface area (Å²) in [5.74, 6) is -0.791. The van der Waals surface area contributed by atoms with Crippen LogP contribution in [-0.4, -0.2) is 26.8 Å². The standard InChI is InChI=1S/C16H18N4O4S/c17-16(22)12-3-5-13(6-4-12)20-15(21)10-19-9-11-1-7-14(8-2-11)25(18,23)24/h1-8,19H,9-10H2,(H2,17,22)(H,20,21)(H2,18,23,24). The lowest BCUT2D eigenvalue weighted by Gasteiger charge is -2.08. The summed E-state index contributed by atoms with van der Waals surface area (Å²) in [5.41, 5.74) is 6.86. The fraction of sp³-hybridized carbons (Fsp3) is 0.125. The van der Waals surface area contributed by atoms with Crippen LogP contribution in [0.5, 0.6) is 0 Å². The molecule has 0 bridgehead atoms. The molecule has 0 atom stereocenters. The van der Waals surface area contributed by atoms with Gasteiger partial charge in [0, 0.05) is 17.8 Å². The zero-order valence-corrected chi connectivity index (χ0v) is 14.0. The van der Waals surface area contributed by atoms with E-state index in [0.717, 1.165) is 5.56 Å². The Labute approximate surface area is 145 Å². The molecule has 8 nitrogen and oxygen atoms in total. The van der Waals surface area contributed by atoms with Crippen LogP contribution < -0.4 is 21.5 Å². The maximum atomic E-state index is 11.8. The van der Waals surface area contributed by atoms with Crippen molar-refractivity contribution < 1.29 is 18.0 Å². The number of hydrogen-bond donors (Lipinski definition) is 4. The minimum atomic E-state index is -3.71. The SMILES string of the molecule is NC(=O)c1ccc(NC(=O)CNCc2ccc(S(N)(=O)=O)cc2)cc1. The third-order valence-electron chi connectivity index (χ3n) is 3.32. The predicted molar refractivity (Wildman–Crippen MR) is 93.1 cm³/mol. The van der Waals surface area contributed by atoms with Crippen LogP contribution in [0.15, 0.2) is 53.4 Å². The predicted octanol–water partition coefficient (Wildman–Crippen LogP) is 0.161. The highest BCUT2D eigenvalue weighted by Gasteiger charge is 2.07. The first-order chi connectivity index (χ1) is 11.8. The molecule has 0 fully saturated rings. The van der Waals surface area contributed by atoms with E-state index in [9.17, 15) is 18.0 Å². The molecule has 0 aliphatic rings. The summed E-state index contributed by atoms with van der Waals surface area (Å²) >= 11 is 0. The molecule has 132 valence electrons. The van der Waals surface area contributed by atoms with Crippen molar-refractivity contribution in [2.75, 3.05) is 11.9 Å². The number of primary amides is 1.